The molecule has 1 atom stereocenters. The number of carbonyl (C=O) groups is 2. The molecule has 1 heterocycles. The molecule has 148 valence electrons. The fraction of sp³-hybridized carbons (Fsp3) is 0.409. The molecule has 1 aromatic heterocycles. The summed E-state index contributed by atoms with van der Waals surface area (Å²) in [5, 5.41) is 5.74. The first-order valence-corrected chi connectivity index (χ1v) is 9.95. The molecule has 6 heteroatoms. The summed E-state index contributed by atoms with van der Waals surface area (Å²) in [6.45, 7) is 0.395. The molecule has 2 aromatic rings. The van der Waals surface area contributed by atoms with Crippen molar-refractivity contribution in [2.45, 2.75) is 44.6 Å². The maximum Gasteiger partial charge on any atom is 0.255 e. The minimum Gasteiger partial charge on any atom is -0.354 e. The molecule has 0 aliphatic heterocycles. The molecular weight excluding hydrogens is 352 g/mol. The molecule has 3 rings (SSSR count). The van der Waals surface area contributed by atoms with E-state index in [0.29, 0.717) is 30.1 Å². The lowest BCUT2D eigenvalue weighted by molar-refractivity contribution is -0.121. The maximum absolute atomic E-state index is 12.3. The van der Waals surface area contributed by atoms with E-state index in [2.05, 4.69) is 15.6 Å². The number of benzene rings is 1. The summed E-state index contributed by atoms with van der Waals surface area (Å²) in [6.07, 6.45) is 9.91. The zero-order chi connectivity index (χ0) is 19.8. The van der Waals surface area contributed by atoms with Gasteiger partial charge in [-0.15, -0.1) is 0 Å². The Morgan fingerprint density at radius 1 is 1.07 bits per heavy atom. The van der Waals surface area contributed by atoms with Crippen LogP contribution in [0.1, 0.15) is 60.5 Å². The fourth-order valence-electron chi connectivity index (χ4n) is 3.58. The van der Waals surface area contributed by atoms with Crippen molar-refractivity contribution in [2.24, 2.45) is 11.7 Å². The van der Waals surface area contributed by atoms with E-state index in [1.165, 1.54) is 25.7 Å². The summed E-state index contributed by atoms with van der Waals surface area (Å²) >= 11 is 0. The van der Waals surface area contributed by atoms with Gasteiger partial charge < -0.3 is 16.4 Å². The summed E-state index contributed by atoms with van der Waals surface area (Å²) in [4.78, 5) is 28.2. The van der Waals surface area contributed by atoms with Crippen molar-refractivity contribution in [2.75, 3.05) is 11.9 Å². The number of aromatic nitrogens is 1. The molecule has 0 spiro atoms. The van der Waals surface area contributed by atoms with Crippen LogP contribution in [0, 0.1) is 5.92 Å². The number of nitrogens with two attached hydrogens (primary N) is 1. The standard InChI is InChI=1S/C22H28N4O2/c23-20(15-25-21(27)10-5-16-3-1-2-4-16)17-6-8-18(9-7-17)22(28)26-19-11-13-24-14-12-19/h6-9,11-14,16,20H,1-5,10,15,23H2,(H,25,27)(H,24,26,28). The van der Waals surface area contributed by atoms with Crippen LogP contribution in [0.2, 0.25) is 0 Å². The summed E-state index contributed by atoms with van der Waals surface area (Å²) in [7, 11) is 0. The van der Waals surface area contributed by atoms with E-state index >= 15 is 0 Å². The number of hydrogen-bond acceptors (Lipinski definition) is 4. The summed E-state index contributed by atoms with van der Waals surface area (Å²) in [6, 6.07) is 10.3. The molecule has 1 aliphatic carbocycles. The van der Waals surface area contributed by atoms with Gasteiger partial charge >= 0.3 is 0 Å². The van der Waals surface area contributed by atoms with Crippen molar-refractivity contribution in [1.82, 2.24) is 10.3 Å². The second-order valence-electron chi connectivity index (χ2n) is 7.41. The van der Waals surface area contributed by atoms with E-state index in [-0.39, 0.29) is 17.9 Å². The van der Waals surface area contributed by atoms with Crippen LogP contribution in [0.3, 0.4) is 0 Å². The van der Waals surface area contributed by atoms with Crippen molar-refractivity contribution in [3.05, 3.63) is 59.9 Å². The van der Waals surface area contributed by atoms with Gasteiger partial charge in [-0.2, -0.15) is 0 Å². The van der Waals surface area contributed by atoms with E-state index in [9.17, 15) is 9.59 Å². The van der Waals surface area contributed by atoms with Crippen LogP contribution >= 0.6 is 0 Å². The van der Waals surface area contributed by atoms with Crippen molar-refractivity contribution in [1.29, 1.82) is 0 Å². The van der Waals surface area contributed by atoms with Crippen molar-refractivity contribution in [3.63, 3.8) is 0 Å². The van der Waals surface area contributed by atoms with Crippen molar-refractivity contribution < 1.29 is 9.59 Å². The van der Waals surface area contributed by atoms with Gasteiger partial charge in [0, 0.05) is 42.7 Å². The number of carbonyl (C=O) groups excluding carboxylic acids is 2. The third-order valence-corrected chi connectivity index (χ3v) is 5.31. The average Bonchev–Trinajstić information content (AvgIpc) is 3.25. The molecular formula is C22H28N4O2. The van der Waals surface area contributed by atoms with Crippen LogP contribution in [0.4, 0.5) is 5.69 Å². The molecule has 0 bridgehead atoms. The molecule has 1 aliphatic rings. The number of nitrogens with one attached hydrogen (secondary N) is 2. The van der Waals surface area contributed by atoms with Gasteiger partial charge in [-0.25, -0.2) is 0 Å². The topological polar surface area (TPSA) is 97.1 Å². The zero-order valence-electron chi connectivity index (χ0n) is 16.1. The highest BCUT2D eigenvalue weighted by molar-refractivity contribution is 6.04. The molecule has 0 radical (unpaired) electrons. The molecule has 1 fully saturated rings. The molecule has 6 nitrogen and oxygen atoms in total. The van der Waals surface area contributed by atoms with Crippen LogP contribution in [0.15, 0.2) is 48.8 Å². The highest BCUT2D eigenvalue weighted by Gasteiger charge is 2.16. The molecule has 4 N–H and O–H groups in total. The minimum absolute atomic E-state index is 0.0655. The summed E-state index contributed by atoms with van der Waals surface area (Å²) < 4.78 is 0. The Bertz CT molecular complexity index is 771. The Balaban J connectivity index is 1.44. The lowest BCUT2D eigenvalue weighted by atomic mass is 10.0. The quantitative estimate of drug-likeness (QED) is 0.654. The monoisotopic (exact) mass is 380 g/mol. The number of amides is 2. The Morgan fingerprint density at radius 2 is 1.75 bits per heavy atom. The minimum atomic E-state index is -0.298. The van der Waals surface area contributed by atoms with E-state index in [1.807, 2.05) is 12.1 Å². The molecule has 28 heavy (non-hydrogen) atoms. The first-order chi connectivity index (χ1) is 13.6. The smallest absolute Gasteiger partial charge is 0.255 e. The van der Waals surface area contributed by atoms with Gasteiger partial charge in [-0.05, 0) is 42.2 Å². The first kappa shape index (κ1) is 20.0. The Morgan fingerprint density at radius 3 is 2.43 bits per heavy atom. The number of nitrogens with zero attached hydrogens (tertiary/aromatic N) is 1. The Hall–Kier alpha value is -2.73. The molecule has 1 aromatic carbocycles. The second-order valence-corrected chi connectivity index (χ2v) is 7.41. The van der Waals surface area contributed by atoms with E-state index in [4.69, 9.17) is 5.73 Å². The fourth-order valence-corrected chi connectivity index (χ4v) is 3.58. The van der Waals surface area contributed by atoms with Gasteiger partial charge in [0.25, 0.3) is 5.91 Å². The van der Waals surface area contributed by atoms with Crippen LogP contribution in [-0.4, -0.2) is 23.3 Å². The van der Waals surface area contributed by atoms with Gasteiger partial charge in [0.05, 0.1) is 0 Å². The summed E-state index contributed by atoms with van der Waals surface area (Å²) in [5.74, 6) is 0.590. The number of hydrogen-bond donors (Lipinski definition) is 3. The number of rotatable bonds is 8. The zero-order valence-corrected chi connectivity index (χ0v) is 16.1. The first-order valence-electron chi connectivity index (χ1n) is 9.95. The van der Waals surface area contributed by atoms with E-state index in [1.54, 1.807) is 36.7 Å². The Kier molecular flexibility index (Phi) is 7.14. The normalized spacial score (nSPS) is 15.2. The Labute approximate surface area is 165 Å². The lowest BCUT2D eigenvalue weighted by Crippen LogP contribution is -2.32. The van der Waals surface area contributed by atoms with Gasteiger partial charge in [-0.3, -0.25) is 14.6 Å². The highest BCUT2D eigenvalue weighted by Crippen LogP contribution is 2.28. The molecule has 0 saturated heterocycles. The summed E-state index contributed by atoms with van der Waals surface area (Å²) in [5.41, 5.74) is 8.32. The lowest BCUT2D eigenvalue weighted by Gasteiger charge is -2.15. The van der Waals surface area contributed by atoms with E-state index < -0.39 is 0 Å². The second kappa shape index (κ2) is 9.99. The predicted molar refractivity (Wildman–Crippen MR) is 110 cm³/mol. The van der Waals surface area contributed by atoms with Crippen molar-refractivity contribution in [3.8, 4) is 0 Å². The largest absolute Gasteiger partial charge is 0.354 e. The number of anilines is 1. The van der Waals surface area contributed by atoms with Gasteiger partial charge in [0.15, 0.2) is 0 Å². The van der Waals surface area contributed by atoms with Crippen LogP contribution in [0.5, 0.6) is 0 Å². The average molecular weight is 380 g/mol. The van der Waals surface area contributed by atoms with Crippen LogP contribution in [0.25, 0.3) is 0 Å². The number of pyridine rings is 1. The van der Waals surface area contributed by atoms with E-state index in [0.717, 1.165) is 12.0 Å². The molecule has 2 amide bonds. The van der Waals surface area contributed by atoms with Crippen LogP contribution < -0.4 is 16.4 Å². The van der Waals surface area contributed by atoms with Gasteiger partial charge in [0.1, 0.15) is 0 Å². The van der Waals surface area contributed by atoms with Gasteiger partial charge in [0.2, 0.25) is 5.91 Å². The third-order valence-electron chi connectivity index (χ3n) is 5.31. The van der Waals surface area contributed by atoms with Crippen molar-refractivity contribution >= 4 is 17.5 Å². The van der Waals surface area contributed by atoms with Crippen LogP contribution in [-0.2, 0) is 4.79 Å². The SMILES string of the molecule is NC(CNC(=O)CCC1CCCC1)c1ccc(C(=O)Nc2ccncc2)cc1. The predicted octanol–water partition coefficient (Wildman–Crippen LogP) is 3.42. The maximum atomic E-state index is 12.3. The third kappa shape index (κ3) is 5.89. The highest BCUT2D eigenvalue weighted by atomic mass is 16.2. The molecule has 1 saturated carbocycles. The van der Waals surface area contributed by atoms with Gasteiger partial charge in [-0.1, -0.05) is 37.8 Å². The molecule has 1 unspecified atom stereocenters.